The van der Waals surface area contributed by atoms with Crippen molar-refractivity contribution >= 4 is 5.91 Å². The summed E-state index contributed by atoms with van der Waals surface area (Å²) in [5.41, 5.74) is 0. The average molecular weight is 236 g/mol. The first-order chi connectivity index (χ1) is 8.33. The van der Waals surface area contributed by atoms with E-state index in [0.29, 0.717) is 11.8 Å². The van der Waals surface area contributed by atoms with E-state index in [-0.39, 0.29) is 0 Å². The van der Waals surface area contributed by atoms with Gasteiger partial charge in [-0.3, -0.25) is 4.79 Å². The summed E-state index contributed by atoms with van der Waals surface area (Å²) < 4.78 is 0. The Morgan fingerprint density at radius 2 is 1.71 bits per heavy atom. The van der Waals surface area contributed by atoms with Crippen LogP contribution in [0.4, 0.5) is 0 Å². The fourth-order valence-electron chi connectivity index (χ4n) is 3.83. The van der Waals surface area contributed by atoms with E-state index >= 15 is 0 Å². The Bertz CT molecular complexity index is 274. The lowest BCUT2D eigenvalue weighted by atomic mass is 9.87. The number of nitrogens with zero attached hydrogens (tertiary/aromatic N) is 1. The molecule has 1 saturated carbocycles. The summed E-state index contributed by atoms with van der Waals surface area (Å²) in [5, 5.41) is 3.43. The van der Waals surface area contributed by atoms with Crippen molar-refractivity contribution in [2.24, 2.45) is 17.8 Å². The van der Waals surface area contributed by atoms with Crippen LogP contribution in [-0.4, -0.2) is 37.0 Å². The third-order valence-electron chi connectivity index (χ3n) is 4.93. The Morgan fingerprint density at radius 3 is 2.35 bits per heavy atom. The molecule has 0 bridgehead atoms. The summed E-state index contributed by atoms with van der Waals surface area (Å²) in [4.78, 5) is 14.4. The van der Waals surface area contributed by atoms with Gasteiger partial charge in [-0.1, -0.05) is 19.3 Å². The molecule has 2 saturated heterocycles. The number of fused-ring (bicyclic) bond motifs is 1. The van der Waals surface area contributed by atoms with Gasteiger partial charge in [0.05, 0.1) is 0 Å². The van der Waals surface area contributed by atoms with E-state index in [9.17, 15) is 4.79 Å². The second kappa shape index (κ2) is 4.97. The minimum absolute atomic E-state index is 0.436. The number of carbonyl (C=O) groups excluding carboxylic acids is 1. The SMILES string of the molecule is O=C(CC1CCCCC1)N1C[C@H]2CNC[C@H]2C1. The van der Waals surface area contributed by atoms with Crippen LogP contribution in [0.1, 0.15) is 38.5 Å². The summed E-state index contributed by atoms with van der Waals surface area (Å²) in [6.45, 7) is 4.28. The third kappa shape index (κ3) is 2.49. The van der Waals surface area contributed by atoms with Crippen LogP contribution in [-0.2, 0) is 4.79 Å². The zero-order valence-electron chi connectivity index (χ0n) is 10.7. The van der Waals surface area contributed by atoms with Crippen molar-refractivity contribution < 1.29 is 4.79 Å². The van der Waals surface area contributed by atoms with Gasteiger partial charge in [-0.2, -0.15) is 0 Å². The highest BCUT2D eigenvalue weighted by Gasteiger charge is 2.38. The number of likely N-dealkylation sites (tertiary alicyclic amines) is 1. The average Bonchev–Trinajstić information content (AvgIpc) is 2.90. The van der Waals surface area contributed by atoms with Crippen molar-refractivity contribution in [2.45, 2.75) is 38.5 Å². The standard InChI is InChI=1S/C14H24N2O/c17-14(6-11-4-2-1-3-5-11)16-9-12-7-15-8-13(12)10-16/h11-13,15H,1-10H2/t12-,13+. The smallest absolute Gasteiger partial charge is 0.222 e. The van der Waals surface area contributed by atoms with Crippen molar-refractivity contribution in [3.63, 3.8) is 0 Å². The molecular weight excluding hydrogens is 212 g/mol. The van der Waals surface area contributed by atoms with E-state index in [0.717, 1.165) is 44.4 Å². The Kier molecular flexibility index (Phi) is 3.37. The van der Waals surface area contributed by atoms with Crippen molar-refractivity contribution in [3.05, 3.63) is 0 Å². The quantitative estimate of drug-likeness (QED) is 0.790. The predicted octanol–water partition coefficient (Wildman–Crippen LogP) is 1.63. The number of rotatable bonds is 2. The fraction of sp³-hybridized carbons (Fsp3) is 0.929. The second-order valence-electron chi connectivity index (χ2n) is 6.19. The van der Waals surface area contributed by atoms with Crippen LogP contribution in [0, 0.1) is 17.8 Å². The molecular formula is C14H24N2O. The van der Waals surface area contributed by atoms with E-state index in [1.807, 2.05) is 0 Å². The van der Waals surface area contributed by atoms with Gasteiger partial charge in [-0.25, -0.2) is 0 Å². The number of amides is 1. The molecule has 2 atom stereocenters. The van der Waals surface area contributed by atoms with E-state index in [1.54, 1.807) is 0 Å². The van der Waals surface area contributed by atoms with Crippen LogP contribution in [0.5, 0.6) is 0 Å². The minimum Gasteiger partial charge on any atom is -0.342 e. The summed E-state index contributed by atoms with van der Waals surface area (Å²) in [6.07, 6.45) is 7.46. The van der Waals surface area contributed by atoms with Crippen molar-refractivity contribution in [2.75, 3.05) is 26.2 Å². The molecule has 0 unspecified atom stereocenters. The van der Waals surface area contributed by atoms with Crippen LogP contribution in [0.15, 0.2) is 0 Å². The molecule has 0 radical (unpaired) electrons. The van der Waals surface area contributed by atoms with Crippen LogP contribution in [0.2, 0.25) is 0 Å². The van der Waals surface area contributed by atoms with E-state index in [2.05, 4.69) is 10.2 Å². The Morgan fingerprint density at radius 1 is 1.06 bits per heavy atom. The zero-order chi connectivity index (χ0) is 11.7. The monoisotopic (exact) mass is 236 g/mol. The lowest BCUT2D eigenvalue weighted by Crippen LogP contribution is -2.33. The number of nitrogens with one attached hydrogen (secondary N) is 1. The van der Waals surface area contributed by atoms with Gasteiger partial charge in [0.2, 0.25) is 5.91 Å². The molecule has 1 N–H and O–H groups in total. The molecule has 17 heavy (non-hydrogen) atoms. The highest BCUT2D eigenvalue weighted by atomic mass is 16.2. The maximum absolute atomic E-state index is 12.3. The molecule has 2 aliphatic heterocycles. The molecule has 96 valence electrons. The molecule has 3 rings (SSSR count). The highest BCUT2D eigenvalue weighted by molar-refractivity contribution is 5.76. The molecule has 0 aromatic heterocycles. The highest BCUT2D eigenvalue weighted by Crippen LogP contribution is 2.30. The number of hydrogen-bond acceptors (Lipinski definition) is 2. The first-order valence-electron chi connectivity index (χ1n) is 7.31. The van der Waals surface area contributed by atoms with Gasteiger partial charge in [0, 0.05) is 32.6 Å². The molecule has 3 heteroatoms. The van der Waals surface area contributed by atoms with Gasteiger partial charge in [0.1, 0.15) is 0 Å². The zero-order valence-corrected chi connectivity index (χ0v) is 10.7. The largest absolute Gasteiger partial charge is 0.342 e. The Hall–Kier alpha value is -0.570. The van der Waals surface area contributed by atoms with Gasteiger partial charge in [-0.15, -0.1) is 0 Å². The summed E-state index contributed by atoms with van der Waals surface area (Å²) in [7, 11) is 0. The van der Waals surface area contributed by atoms with Crippen LogP contribution < -0.4 is 5.32 Å². The van der Waals surface area contributed by atoms with E-state index in [1.165, 1.54) is 32.1 Å². The summed E-state index contributed by atoms with van der Waals surface area (Å²) in [6, 6.07) is 0. The Balaban J connectivity index is 1.49. The van der Waals surface area contributed by atoms with Gasteiger partial charge in [0.25, 0.3) is 0 Å². The van der Waals surface area contributed by atoms with Crippen molar-refractivity contribution in [3.8, 4) is 0 Å². The molecule has 3 aliphatic rings. The molecule has 0 spiro atoms. The first kappa shape index (κ1) is 11.5. The van der Waals surface area contributed by atoms with E-state index < -0.39 is 0 Å². The lowest BCUT2D eigenvalue weighted by molar-refractivity contribution is -0.131. The summed E-state index contributed by atoms with van der Waals surface area (Å²) >= 11 is 0. The topological polar surface area (TPSA) is 32.3 Å². The second-order valence-corrected chi connectivity index (χ2v) is 6.19. The lowest BCUT2D eigenvalue weighted by Gasteiger charge is -2.24. The summed E-state index contributed by atoms with van der Waals surface area (Å²) in [5.74, 6) is 2.61. The molecule has 1 aliphatic carbocycles. The minimum atomic E-state index is 0.436. The van der Waals surface area contributed by atoms with Crippen LogP contribution >= 0.6 is 0 Å². The van der Waals surface area contributed by atoms with Crippen molar-refractivity contribution in [1.29, 1.82) is 0 Å². The maximum atomic E-state index is 12.3. The molecule has 3 nitrogen and oxygen atoms in total. The van der Waals surface area contributed by atoms with Gasteiger partial charge in [-0.05, 0) is 30.6 Å². The first-order valence-corrected chi connectivity index (χ1v) is 7.31. The predicted molar refractivity (Wildman–Crippen MR) is 67.6 cm³/mol. The number of carbonyl (C=O) groups is 1. The van der Waals surface area contributed by atoms with Gasteiger partial charge in [0.15, 0.2) is 0 Å². The molecule has 3 fully saturated rings. The molecule has 0 aromatic carbocycles. The number of hydrogen-bond donors (Lipinski definition) is 1. The maximum Gasteiger partial charge on any atom is 0.222 e. The Labute approximate surface area is 104 Å². The van der Waals surface area contributed by atoms with Crippen molar-refractivity contribution in [1.82, 2.24) is 10.2 Å². The third-order valence-corrected chi connectivity index (χ3v) is 4.93. The van der Waals surface area contributed by atoms with Crippen LogP contribution in [0.3, 0.4) is 0 Å². The molecule has 1 amide bonds. The van der Waals surface area contributed by atoms with Gasteiger partial charge < -0.3 is 10.2 Å². The molecule has 2 heterocycles. The molecule has 0 aromatic rings. The van der Waals surface area contributed by atoms with E-state index in [4.69, 9.17) is 0 Å². The fourth-order valence-corrected chi connectivity index (χ4v) is 3.83. The van der Waals surface area contributed by atoms with Gasteiger partial charge >= 0.3 is 0 Å². The van der Waals surface area contributed by atoms with Crippen LogP contribution in [0.25, 0.3) is 0 Å². The normalized spacial score (nSPS) is 34.0.